The van der Waals surface area contributed by atoms with Crippen molar-refractivity contribution in [2.75, 3.05) is 7.11 Å². The van der Waals surface area contributed by atoms with E-state index in [1.165, 1.54) is 7.11 Å². The summed E-state index contributed by atoms with van der Waals surface area (Å²) in [6.07, 6.45) is 2.28. The third-order valence-electron chi connectivity index (χ3n) is 3.76. The predicted molar refractivity (Wildman–Crippen MR) is 71.2 cm³/mol. The normalized spacial score (nSPS) is 33.5. The second-order valence-electron chi connectivity index (χ2n) is 5.37. The molecule has 96 valence electrons. The van der Waals surface area contributed by atoms with Gasteiger partial charge >= 0.3 is 6.09 Å². The molecule has 3 saturated carbocycles. The molecule has 0 aromatic heterocycles. The summed E-state index contributed by atoms with van der Waals surface area (Å²) in [5.41, 5.74) is -0.139. The minimum atomic E-state index is -0.269. The lowest BCUT2D eigenvalue weighted by molar-refractivity contribution is -0.168. The second-order valence-corrected chi connectivity index (χ2v) is 6.35. The summed E-state index contributed by atoms with van der Waals surface area (Å²) in [5, 5.41) is 2.97. The Morgan fingerprint density at radius 3 is 2.24 bits per heavy atom. The molecule has 0 aliphatic heterocycles. The number of hydrogen-bond acceptors (Lipinski definition) is 3. The van der Waals surface area contributed by atoms with Crippen molar-refractivity contribution in [3.8, 4) is 0 Å². The zero-order chi connectivity index (χ0) is 12.8. The molecule has 17 heavy (non-hydrogen) atoms. The number of carbonyl (C=O) groups excluding carboxylic acids is 2. The molecule has 0 aromatic rings. The molecular weight excluding hydrogens is 335 g/mol. The average Bonchev–Trinajstić information content (AvgIpc) is 2.10. The first-order valence-corrected chi connectivity index (χ1v) is 6.77. The number of rotatable bonds is 3. The van der Waals surface area contributed by atoms with Crippen molar-refractivity contribution >= 4 is 32.6 Å². The van der Waals surface area contributed by atoms with E-state index in [0.29, 0.717) is 0 Å². The lowest BCUT2D eigenvalue weighted by atomic mass is 9.43. The first-order chi connectivity index (χ1) is 7.84. The van der Waals surface area contributed by atoms with Crippen molar-refractivity contribution in [3.63, 3.8) is 0 Å². The molecule has 0 heterocycles. The molecule has 0 saturated heterocycles. The smallest absolute Gasteiger partial charge is 0.410 e. The van der Waals surface area contributed by atoms with Crippen molar-refractivity contribution < 1.29 is 14.3 Å². The topological polar surface area (TPSA) is 58.6 Å². The van der Waals surface area contributed by atoms with E-state index in [1.807, 2.05) is 18.7 Å². The van der Waals surface area contributed by atoms with Crippen LogP contribution in [-0.2, 0) is 4.74 Å². The molecule has 6 heteroatoms. The maximum absolute atomic E-state index is 11.8. The van der Waals surface area contributed by atoms with E-state index in [1.54, 1.807) is 22.6 Å². The van der Waals surface area contributed by atoms with E-state index in [9.17, 15) is 9.59 Å². The molecule has 3 fully saturated rings. The Hall–Kier alpha value is -0.530. The van der Waals surface area contributed by atoms with Crippen LogP contribution >= 0.6 is 22.6 Å². The van der Waals surface area contributed by atoms with Gasteiger partial charge in [-0.2, -0.15) is 0 Å². The fourth-order valence-electron chi connectivity index (χ4n) is 3.38. The van der Waals surface area contributed by atoms with Crippen LogP contribution in [0, 0.1) is 0 Å². The molecule has 2 amide bonds. The molecule has 1 N–H and O–H groups in total. The lowest BCUT2D eigenvalue weighted by Gasteiger charge is -2.73. The number of nitrogens with zero attached hydrogens (tertiary/aromatic N) is 1. The quantitative estimate of drug-likeness (QED) is 0.482. The van der Waals surface area contributed by atoms with E-state index in [4.69, 9.17) is 4.74 Å². The van der Waals surface area contributed by atoms with Gasteiger partial charge < -0.3 is 10.1 Å². The Morgan fingerprint density at radius 2 is 1.88 bits per heavy atom. The van der Waals surface area contributed by atoms with Gasteiger partial charge in [0.25, 0.3) is 3.91 Å². The molecule has 0 radical (unpaired) electrons. The Bertz CT molecular complexity index is 350. The monoisotopic (exact) mass is 352 g/mol. The summed E-state index contributed by atoms with van der Waals surface area (Å²) >= 11 is 1.75. The number of hydrogen-bond donors (Lipinski definition) is 1. The van der Waals surface area contributed by atoms with Gasteiger partial charge in [-0.1, -0.05) is 0 Å². The maximum atomic E-state index is 11.8. The molecule has 2 bridgehead atoms. The first-order valence-electron chi connectivity index (χ1n) is 5.69. The van der Waals surface area contributed by atoms with Gasteiger partial charge in [0.2, 0.25) is 0 Å². The van der Waals surface area contributed by atoms with E-state index < -0.39 is 0 Å². The zero-order valence-corrected chi connectivity index (χ0v) is 12.4. The number of carbonyl (C=O) groups is 2. The van der Waals surface area contributed by atoms with Gasteiger partial charge in [0.15, 0.2) is 0 Å². The highest BCUT2D eigenvalue weighted by Gasteiger charge is 2.72. The standard InChI is InChI=1S/C11H17IN2O3/c1-7(2)14(9(16)17-3)11-4-10(5-11,6-11)13-8(12)15/h7H,4-6H2,1-3H3,(H,13,15). The van der Waals surface area contributed by atoms with E-state index >= 15 is 0 Å². The number of methoxy groups -OCH3 is 1. The van der Waals surface area contributed by atoms with Gasteiger partial charge in [-0.25, -0.2) is 4.79 Å². The van der Waals surface area contributed by atoms with Crippen LogP contribution in [0.25, 0.3) is 0 Å². The van der Waals surface area contributed by atoms with Crippen LogP contribution in [0.2, 0.25) is 0 Å². The molecule has 3 aliphatic rings. The third-order valence-corrected chi connectivity index (χ3v) is 4.03. The zero-order valence-electron chi connectivity index (χ0n) is 10.2. The fourth-order valence-corrected chi connectivity index (χ4v) is 3.95. The largest absolute Gasteiger partial charge is 0.453 e. The summed E-state index contributed by atoms with van der Waals surface area (Å²) in [6, 6.07) is 0.121. The van der Waals surface area contributed by atoms with Crippen LogP contribution in [0.15, 0.2) is 0 Å². The maximum Gasteiger partial charge on any atom is 0.410 e. The number of ether oxygens (including phenoxy) is 1. The first kappa shape index (κ1) is 12.9. The second kappa shape index (κ2) is 4.00. The van der Waals surface area contributed by atoms with Crippen molar-refractivity contribution in [2.24, 2.45) is 0 Å². The highest BCUT2D eigenvalue weighted by Crippen LogP contribution is 2.64. The minimum absolute atomic E-state index is 0.0231. The predicted octanol–water partition coefficient (Wildman–Crippen LogP) is 2.28. The lowest BCUT2D eigenvalue weighted by Crippen LogP contribution is -2.84. The van der Waals surface area contributed by atoms with Crippen LogP contribution in [0.5, 0.6) is 0 Å². The SMILES string of the molecule is COC(=O)N(C(C)C)C12CC(NC(=O)I)(C1)C2. The van der Waals surface area contributed by atoms with Crippen molar-refractivity contribution in [2.45, 2.75) is 50.2 Å². The molecular formula is C11H17IN2O3. The Kier molecular flexibility index (Phi) is 3.04. The fraction of sp³-hybridized carbons (Fsp3) is 0.818. The Labute approximate surface area is 114 Å². The minimum Gasteiger partial charge on any atom is -0.453 e. The number of halogens is 1. The van der Waals surface area contributed by atoms with Crippen LogP contribution in [-0.4, -0.2) is 39.1 Å². The van der Waals surface area contributed by atoms with Crippen molar-refractivity contribution in [3.05, 3.63) is 0 Å². The Balaban J connectivity index is 2.02. The van der Waals surface area contributed by atoms with Crippen LogP contribution in [0.3, 0.4) is 0 Å². The molecule has 0 aromatic carbocycles. The van der Waals surface area contributed by atoms with E-state index in [2.05, 4.69) is 5.32 Å². The molecule has 5 nitrogen and oxygen atoms in total. The summed E-state index contributed by atoms with van der Waals surface area (Å²) < 4.78 is 4.81. The van der Waals surface area contributed by atoms with Crippen LogP contribution in [0.1, 0.15) is 33.1 Å². The summed E-state index contributed by atoms with van der Waals surface area (Å²) in [6.45, 7) is 3.97. The summed E-state index contributed by atoms with van der Waals surface area (Å²) in [4.78, 5) is 24.6. The number of amides is 2. The molecule has 3 aliphatic carbocycles. The van der Waals surface area contributed by atoms with Crippen LogP contribution in [0.4, 0.5) is 9.59 Å². The van der Waals surface area contributed by atoms with Crippen molar-refractivity contribution in [1.82, 2.24) is 10.2 Å². The van der Waals surface area contributed by atoms with E-state index in [-0.39, 0.29) is 27.1 Å². The van der Waals surface area contributed by atoms with Gasteiger partial charge in [0, 0.05) is 34.2 Å². The van der Waals surface area contributed by atoms with Crippen LogP contribution < -0.4 is 5.32 Å². The van der Waals surface area contributed by atoms with Crippen molar-refractivity contribution in [1.29, 1.82) is 0 Å². The van der Waals surface area contributed by atoms with Gasteiger partial charge in [0.1, 0.15) is 0 Å². The highest BCUT2D eigenvalue weighted by molar-refractivity contribution is 14.1. The molecule has 0 atom stereocenters. The average molecular weight is 352 g/mol. The summed E-state index contributed by atoms with van der Waals surface area (Å²) in [5.74, 6) is 0. The van der Waals surface area contributed by atoms with E-state index in [0.717, 1.165) is 19.3 Å². The molecule has 0 unspecified atom stereocenters. The number of nitrogens with one attached hydrogen (secondary N) is 1. The van der Waals surface area contributed by atoms with Gasteiger partial charge in [0.05, 0.1) is 12.6 Å². The highest BCUT2D eigenvalue weighted by atomic mass is 127. The Morgan fingerprint density at radius 1 is 1.35 bits per heavy atom. The molecule has 3 rings (SSSR count). The third kappa shape index (κ3) is 1.90. The summed E-state index contributed by atoms with van der Waals surface area (Å²) in [7, 11) is 1.41. The van der Waals surface area contributed by atoms with Gasteiger partial charge in [-0.05, 0) is 33.1 Å². The van der Waals surface area contributed by atoms with Gasteiger partial charge in [-0.3, -0.25) is 9.69 Å². The molecule has 0 spiro atoms. The van der Waals surface area contributed by atoms with Gasteiger partial charge in [-0.15, -0.1) is 0 Å².